The molecule has 0 saturated carbocycles. The van der Waals surface area contributed by atoms with Crippen molar-refractivity contribution in [2.45, 2.75) is 6.92 Å². The van der Waals surface area contributed by atoms with E-state index in [4.69, 9.17) is 5.26 Å². The molecule has 0 aliphatic carbocycles. The molecule has 2 aromatic rings. The minimum absolute atomic E-state index is 0.00648. The van der Waals surface area contributed by atoms with Gasteiger partial charge in [0.1, 0.15) is 34.0 Å². The van der Waals surface area contributed by atoms with Crippen molar-refractivity contribution in [2.75, 3.05) is 0 Å². The van der Waals surface area contributed by atoms with Crippen LogP contribution < -0.4 is 0 Å². The van der Waals surface area contributed by atoms with E-state index < -0.39 is 11.6 Å². The maximum atomic E-state index is 13.6. The first-order chi connectivity index (χ1) is 9.04. The third kappa shape index (κ3) is 2.46. The molecule has 1 aromatic heterocycles. The number of halogens is 2. The lowest BCUT2D eigenvalue weighted by atomic mass is 10.1. The van der Waals surface area contributed by atoms with Gasteiger partial charge in [0.05, 0.1) is 11.3 Å². The summed E-state index contributed by atoms with van der Waals surface area (Å²) >= 11 is 1.04. The summed E-state index contributed by atoms with van der Waals surface area (Å²) in [5.41, 5.74) is -0.143. The lowest BCUT2D eigenvalue weighted by Crippen LogP contribution is -1.91. The van der Waals surface area contributed by atoms with Gasteiger partial charge in [-0.05, 0) is 19.1 Å². The highest BCUT2D eigenvalue weighted by atomic mass is 32.1. The van der Waals surface area contributed by atoms with E-state index in [9.17, 15) is 13.9 Å². The number of aliphatic hydroxyl groups is 1. The number of nitriles is 1. The fraction of sp³-hybridized carbons (Fsp3) is 0.0769. The maximum absolute atomic E-state index is 13.6. The maximum Gasteiger partial charge on any atom is 0.138 e. The minimum atomic E-state index is -0.722. The van der Waals surface area contributed by atoms with Gasteiger partial charge in [-0.2, -0.15) is 5.26 Å². The highest BCUT2D eigenvalue weighted by molar-refractivity contribution is 7.11. The first-order valence-corrected chi connectivity index (χ1v) is 6.12. The van der Waals surface area contributed by atoms with Crippen LogP contribution in [0.5, 0.6) is 0 Å². The predicted octanol–water partition coefficient (Wildman–Crippen LogP) is 3.90. The molecule has 0 unspecified atom stereocenters. The normalized spacial score (nSPS) is 11.9. The number of aromatic nitrogens is 1. The minimum Gasteiger partial charge on any atom is -0.511 e. The second kappa shape index (κ2) is 5.16. The van der Waals surface area contributed by atoms with Gasteiger partial charge in [-0.3, -0.25) is 0 Å². The monoisotopic (exact) mass is 278 g/mol. The Morgan fingerprint density at radius 3 is 2.53 bits per heavy atom. The molecule has 3 nitrogen and oxygen atoms in total. The van der Waals surface area contributed by atoms with E-state index in [1.54, 1.807) is 6.07 Å². The third-order valence-corrected chi connectivity index (χ3v) is 3.27. The van der Waals surface area contributed by atoms with E-state index in [-0.39, 0.29) is 27.6 Å². The van der Waals surface area contributed by atoms with Crippen LogP contribution in [-0.4, -0.2) is 10.1 Å². The van der Waals surface area contributed by atoms with Crippen molar-refractivity contribution in [3.05, 3.63) is 46.0 Å². The van der Waals surface area contributed by atoms with E-state index in [0.29, 0.717) is 0 Å². The summed E-state index contributed by atoms with van der Waals surface area (Å²) in [6, 6.07) is 5.34. The SMILES string of the molecule is C/C(O)=C(\C#N)c1nc(-c2c(F)cccc2F)cs1. The summed E-state index contributed by atoms with van der Waals surface area (Å²) in [5.74, 6) is -1.63. The van der Waals surface area contributed by atoms with Gasteiger partial charge in [-0.1, -0.05) is 6.07 Å². The molecule has 6 heteroatoms. The van der Waals surface area contributed by atoms with Gasteiger partial charge in [0.15, 0.2) is 0 Å². The van der Waals surface area contributed by atoms with Crippen molar-refractivity contribution in [2.24, 2.45) is 0 Å². The lowest BCUT2D eigenvalue weighted by molar-refractivity contribution is 0.418. The highest BCUT2D eigenvalue weighted by Crippen LogP contribution is 2.30. The topological polar surface area (TPSA) is 56.9 Å². The number of hydrogen-bond donors (Lipinski definition) is 1. The van der Waals surface area contributed by atoms with Crippen LogP contribution in [0.25, 0.3) is 16.8 Å². The first-order valence-electron chi connectivity index (χ1n) is 5.24. The molecular formula is C13H8F2N2OS. The van der Waals surface area contributed by atoms with Crippen molar-refractivity contribution in [1.29, 1.82) is 5.26 Å². The number of benzene rings is 1. The van der Waals surface area contributed by atoms with E-state index in [2.05, 4.69) is 4.98 Å². The molecule has 0 amide bonds. The standard InChI is InChI=1S/C13H8F2N2OS/c1-7(18)8(5-16)13-17-11(6-19-13)12-9(14)3-2-4-10(12)15/h2-4,6,18H,1H3/b8-7-. The van der Waals surface area contributed by atoms with Gasteiger partial charge >= 0.3 is 0 Å². The number of rotatable bonds is 2. The van der Waals surface area contributed by atoms with Gasteiger partial charge in [0, 0.05) is 5.38 Å². The average Bonchev–Trinajstić information content (AvgIpc) is 2.78. The Morgan fingerprint density at radius 1 is 1.37 bits per heavy atom. The molecule has 0 spiro atoms. The van der Waals surface area contributed by atoms with Crippen molar-refractivity contribution in [1.82, 2.24) is 4.98 Å². The molecule has 0 atom stereocenters. The summed E-state index contributed by atoms with van der Waals surface area (Å²) in [4.78, 5) is 3.99. The first kappa shape index (κ1) is 13.2. The molecule has 2 rings (SSSR count). The fourth-order valence-electron chi connectivity index (χ4n) is 1.53. The van der Waals surface area contributed by atoms with Crippen LogP contribution >= 0.6 is 11.3 Å². The Labute approximate surface area is 112 Å². The quantitative estimate of drug-likeness (QED) is 0.669. The summed E-state index contributed by atoms with van der Waals surface area (Å²) < 4.78 is 27.2. The van der Waals surface area contributed by atoms with Crippen molar-refractivity contribution >= 4 is 16.9 Å². The summed E-state index contributed by atoms with van der Waals surface area (Å²) in [5, 5.41) is 19.9. The third-order valence-electron chi connectivity index (χ3n) is 2.41. The smallest absolute Gasteiger partial charge is 0.138 e. The van der Waals surface area contributed by atoms with Crippen LogP contribution in [-0.2, 0) is 0 Å². The van der Waals surface area contributed by atoms with Crippen LogP contribution in [0.3, 0.4) is 0 Å². The van der Waals surface area contributed by atoms with Crippen LogP contribution in [0, 0.1) is 23.0 Å². The van der Waals surface area contributed by atoms with Crippen LogP contribution in [0.15, 0.2) is 29.3 Å². The Morgan fingerprint density at radius 2 is 2.00 bits per heavy atom. The predicted molar refractivity (Wildman–Crippen MR) is 68.3 cm³/mol. The summed E-state index contributed by atoms with van der Waals surface area (Å²) in [7, 11) is 0. The van der Waals surface area contributed by atoms with Crippen molar-refractivity contribution in [3.8, 4) is 17.3 Å². The second-order valence-electron chi connectivity index (χ2n) is 3.71. The Balaban J connectivity index is 2.54. The van der Waals surface area contributed by atoms with E-state index in [1.165, 1.54) is 18.4 Å². The second-order valence-corrected chi connectivity index (χ2v) is 4.56. The Bertz CT molecular complexity index is 677. The number of nitrogens with zero attached hydrogens (tertiary/aromatic N) is 2. The molecule has 0 fully saturated rings. The average molecular weight is 278 g/mol. The number of aliphatic hydroxyl groups excluding tert-OH is 1. The van der Waals surface area contributed by atoms with Crippen LogP contribution in [0.1, 0.15) is 11.9 Å². The summed E-state index contributed by atoms with van der Waals surface area (Å²) in [6.07, 6.45) is 0. The molecule has 96 valence electrons. The molecular weight excluding hydrogens is 270 g/mol. The van der Waals surface area contributed by atoms with E-state index in [1.807, 2.05) is 0 Å². The van der Waals surface area contributed by atoms with Crippen LogP contribution in [0.2, 0.25) is 0 Å². The molecule has 0 saturated heterocycles. The highest BCUT2D eigenvalue weighted by Gasteiger charge is 2.16. The zero-order valence-corrected chi connectivity index (χ0v) is 10.6. The largest absolute Gasteiger partial charge is 0.511 e. The van der Waals surface area contributed by atoms with E-state index in [0.717, 1.165) is 23.5 Å². The molecule has 19 heavy (non-hydrogen) atoms. The molecule has 1 heterocycles. The number of allylic oxidation sites excluding steroid dienone is 2. The molecule has 0 bridgehead atoms. The molecule has 0 aliphatic rings. The molecule has 1 aromatic carbocycles. The molecule has 1 N–H and O–H groups in total. The number of thiazole rings is 1. The van der Waals surface area contributed by atoms with Gasteiger partial charge in [-0.15, -0.1) is 11.3 Å². The van der Waals surface area contributed by atoms with Gasteiger partial charge < -0.3 is 5.11 Å². The fourth-order valence-corrected chi connectivity index (χ4v) is 2.39. The van der Waals surface area contributed by atoms with Crippen molar-refractivity contribution in [3.63, 3.8) is 0 Å². The van der Waals surface area contributed by atoms with Gasteiger partial charge in [0.25, 0.3) is 0 Å². The van der Waals surface area contributed by atoms with Crippen molar-refractivity contribution < 1.29 is 13.9 Å². The Kier molecular flexibility index (Phi) is 3.58. The lowest BCUT2D eigenvalue weighted by Gasteiger charge is -2.00. The number of hydrogen-bond acceptors (Lipinski definition) is 4. The van der Waals surface area contributed by atoms with E-state index >= 15 is 0 Å². The Hall–Kier alpha value is -2.26. The van der Waals surface area contributed by atoms with Gasteiger partial charge in [0.2, 0.25) is 0 Å². The molecule has 0 aliphatic heterocycles. The van der Waals surface area contributed by atoms with Crippen LogP contribution in [0.4, 0.5) is 8.78 Å². The zero-order chi connectivity index (χ0) is 14.0. The zero-order valence-electron chi connectivity index (χ0n) is 9.82. The molecule has 0 radical (unpaired) electrons. The van der Waals surface area contributed by atoms with Gasteiger partial charge in [-0.25, -0.2) is 13.8 Å². The summed E-state index contributed by atoms with van der Waals surface area (Å²) in [6.45, 7) is 1.35.